The van der Waals surface area contributed by atoms with Gasteiger partial charge in [-0.25, -0.2) is 0 Å². The number of nitrogens with zero attached hydrogens (tertiary/aromatic N) is 1. The Balaban J connectivity index is 1.60. The van der Waals surface area contributed by atoms with E-state index in [-0.39, 0.29) is 0 Å². The van der Waals surface area contributed by atoms with E-state index in [0.29, 0.717) is 0 Å². The maximum atomic E-state index is 3.62. The number of benzene rings is 1. The van der Waals surface area contributed by atoms with Gasteiger partial charge < -0.3 is 5.32 Å². The molecule has 0 spiro atoms. The standard InChI is InChI=1S/C15H21IN2/c16-13-5-3-12(4-6-13)10-18(15-7-8-15)11-14-2-1-9-17-14/h3-6,14-15,17H,1-2,7-11H2. The first kappa shape index (κ1) is 12.9. The predicted molar refractivity (Wildman–Crippen MR) is 83.6 cm³/mol. The van der Waals surface area contributed by atoms with Gasteiger partial charge in [0.15, 0.2) is 0 Å². The van der Waals surface area contributed by atoms with Gasteiger partial charge in [0.25, 0.3) is 0 Å². The lowest BCUT2D eigenvalue weighted by atomic mass is 10.1. The van der Waals surface area contributed by atoms with Crippen LogP contribution in [0.4, 0.5) is 0 Å². The van der Waals surface area contributed by atoms with Crippen LogP contribution in [-0.4, -0.2) is 30.1 Å². The van der Waals surface area contributed by atoms with Gasteiger partial charge in [0, 0.05) is 28.7 Å². The van der Waals surface area contributed by atoms with Gasteiger partial charge in [-0.3, -0.25) is 4.90 Å². The molecule has 98 valence electrons. The van der Waals surface area contributed by atoms with Crippen LogP contribution in [0.15, 0.2) is 24.3 Å². The summed E-state index contributed by atoms with van der Waals surface area (Å²) in [4.78, 5) is 2.69. The van der Waals surface area contributed by atoms with Gasteiger partial charge in [0.1, 0.15) is 0 Å². The zero-order valence-electron chi connectivity index (χ0n) is 10.7. The van der Waals surface area contributed by atoms with E-state index in [4.69, 9.17) is 0 Å². The average molecular weight is 356 g/mol. The van der Waals surface area contributed by atoms with Crippen molar-refractivity contribution >= 4 is 22.6 Å². The molecule has 1 aromatic carbocycles. The first-order valence-corrected chi connectivity index (χ1v) is 8.11. The second kappa shape index (κ2) is 5.88. The van der Waals surface area contributed by atoms with E-state index >= 15 is 0 Å². The largest absolute Gasteiger partial charge is 0.313 e. The average Bonchev–Trinajstić information content (AvgIpc) is 3.10. The lowest BCUT2D eigenvalue weighted by Crippen LogP contribution is -2.38. The normalized spacial score (nSPS) is 23.8. The summed E-state index contributed by atoms with van der Waals surface area (Å²) in [5.74, 6) is 0. The van der Waals surface area contributed by atoms with E-state index in [1.54, 1.807) is 0 Å². The summed E-state index contributed by atoms with van der Waals surface area (Å²) in [6.07, 6.45) is 5.51. The van der Waals surface area contributed by atoms with Gasteiger partial charge in [-0.2, -0.15) is 0 Å². The van der Waals surface area contributed by atoms with Crippen LogP contribution < -0.4 is 5.32 Å². The minimum Gasteiger partial charge on any atom is -0.313 e. The number of rotatable bonds is 5. The lowest BCUT2D eigenvalue weighted by molar-refractivity contribution is 0.231. The summed E-state index contributed by atoms with van der Waals surface area (Å²) >= 11 is 2.37. The minimum atomic E-state index is 0.731. The molecule has 2 aliphatic rings. The predicted octanol–water partition coefficient (Wildman–Crippen LogP) is 3.01. The second-order valence-electron chi connectivity index (χ2n) is 5.58. The molecule has 1 aromatic rings. The topological polar surface area (TPSA) is 15.3 Å². The molecule has 0 radical (unpaired) electrons. The molecule has 1 atom stereocenters. The zero-order chi connectivity index (χ0) is 12.4. The molecule has 3 heteroatoms. The maximum absolute atomic E-state index is 3.62. The van der Waals surface area contributed by atoms with Crippen LogP contribution in [0.25, 0.3) is 0 Å². The molecule has 3 rings (SSSR count). The summed E-state index contributed by atoms with van der Waals surface area (Å²) in [7, 11) is 0. The summed E-state index contributed by atoms with van der Waals surface area (Å²) in [5, 5.41) is 3.62. The van der Waals surface area contributed by atoms with Crippen molar-refractivity contribution in [1.82, 2.24) is 10.2 Å². The summed E-state index contributed by atoms with van der Waals surface area (Å²) in [6, 6.07) is 10.6. The van der Waals surface area contributed by atoms with Gasteiger partial charge in [-0.1, -0.05) is 12.1 Å². The lowest BCUT2D eigenvalue weighted by Gasteiger charge is -2.25. The van der Waals surface area contributed by atoms with Crippen molar-refractivity contribution < 1.29 is 0 Å². The van der Waals surface area contributed by atoms with Crippen LogP contribution in [0, 0.1) is 3.57 Å². The molecule has 1 heterocycles. The minimum absolute atomic E-state index is 0.731. The highest BCUT2D eigenvalue weighted by Gasteiger charge is 2.31. The van der Waals surface area contributed by atoms with Crippen LogP contribution >= 0.6 is 22.6 Å². The highest BCUT2D eigenvalue weighted by atomic mass is 127. The van der Waals surface area contributed by atoms with E-state index in [2.05, 4.69) is 57.1 Å². The van der Waals surface area contributed by atoms with Gasteiger partial charge in [0.05, 0.1) is 0 Å². The highest BCUT2D eigenvalue weighted by molar-refractivity contribution is 14.1. The maximum Gasteiger partial charge on any atom is 0.0237 e. The Hall–Kier alpha value is -0.130. The Morgan fingerprint density at radius 1 is 1.17 bits per heavy atom. The third-order valence-corrected chi connectivity index (χ3v) is 4.70. The quantitative estimate of drug-likeness (QED) is 0.816. The number of nitrogens with one attached hydrogen (secondary N) is 1. The Morgan fingerprint density at radius 3 is 2.56 bits per heavy atom. The van der Waals surface area contributed by atoms with Crippen molar-refractivity contribution in [2.75, 3.05) is 13.1 Å². The third-order valence-electron chi connectivity index (χ3n) is 3.98. The molecule has 1 N–H and O–H groups in total. The van der Waals surface area contributed by atoms with Crippen LogP contribution in [-0.2, 0) is 6.54 Å². The van der Waals surface area contributed by atoms with Crippen molar-refractivity contribution in [3.63, 3.8) is 0 Å². The second-order valence-corrected chi connectivity index (χ2v) is 6.83. The van der Waals surface area contributed by atoms with Crippen molar-refractivity contribution in [3.05, 3.63) is 33.4 Å². The summed E-state index contributed by atoms with van der Waals surface area (Å²) in [5.41, 5.74) is 1.46. The van der Waals surface area contributed by atoms with Crippen molar-refractivity contribution in [2.24, 2.45) is 0 Å². The Labute approximate surface area is 123 Å². The Bertz CT molecular complexity index is 380. The molecule has 1 saturated carbocycles. The van der Waals surface area contributed by atoms with Crippen molar-refractivity contribution in [3.8, 4) is 0 Å². The molecule has 0 bridgehead atoms. The van der Waals surface area contributed by atoms with E-state index in [1.807, 2.05) is 0 Å². The van der Waals surface area contributed by atoms with E-state index in [0.717, 1.165) is 18.6 Å². The van der Waals surface area contributed by atoms with Crippen LogP contribution in [0.2, 0.25) is 0 Å². The van der Waals surface area contributed by atoms with Crippen molar-refractivity contribution in [2.45, 2.75) is 44.3 Å². The first-order valence-electron chi connectivity index (χ1n) is 7.03. The molecule has 18 heavy (non-hydrogen) atoms. The molecule has 0 amide bonds. The van der Waals surface area contributed by atoms with Crippen LogP contribution in [0.1, 0.15) is 31.2 Å². The smallest absolute Gasteiger partial charge is 0.0237 e. The molecule has 1 saturated heterocycles. The molecule has 1 aliphatic carbocycles. The van der Waals surface area contributed by atoms with Crippen LogP contribution in [0.5, 0.6) is 0 Å². The van der Waals surface area contributed by atoms with Gasteiger partial charge in [0.2, 0.25) is 0 Å². The molecule has 1 unspecified atom stereocenters. The van der Waals surface area contributed by atoms with Crippen molar-refractivity contribution in [1.29, 1.82) is 0 Å². The zero-order valence-corrected chi connectivity index (χ0v) is 12.9. The third kappa shape index (κ3) is 3.45. The molecule has 2 fully saturated rings. The fraction of sp³-hybridized carbons (Fsp3) is 0.600. The highest BCUT2D eigenvalue weighted by Crippen LogP contribution is 2.29. The molecule has 2 nitrogen and oxygen atoms in total. The summed E-state index contributed by atoms with van der Waals surface area (Å²) < 4.78 is 1.33. The Morgan fingerprint density at radius 2 is 1.94 bits per heavy atom. The first-order chi connectivity index (χ1) is 8.81. The fourth-order valence-electron chi connectivity index (χ4n) is 2.80. The molecular formula is C15H21IN2. The monoisotopic (exact) mass is 356 g/mol. The Kier molecular flexibility index (Phi) is 4.21. The van der Waals surface area contributed by atoms with Gasteiger partial charge in [-0.05, 0) is 72.5 Å². The van der Waals surface area contributed by atoms with E-state index < -0.39 is 0 Å². The van der Waals surface area contributed by atoms with E-state index in [1.165, 1.54) is 47.9 Å². The number of halogens is 1. The number of hydrogen-bond donors (Lipinski definition) is 1. The summed E-state index contributed by atoms with van der Waals surface area (Å²) in [6.45, 7) is 3.57. The molecule has 1 aliphatic heterocycles. The van der Waals surface area contributed by atoms with Gasteiger partial charge >= 0.3 is 0 Å². The SMILES string of the molecule is Ic1ccc(CN(CC2CCCN2)C2CC2)cc1. The molecule has 0 aromatic heterocycles. The number of hydrogen-bond acceptors (Lipinski definition) is 2. The van der Waals surface area contributed by atoms with Crippen LogP contribution in [0.3, 0.4) is 0 Å². The van der Waals surface area contributed by atoms with E-state index in [9.17, 15) is 0 Å². The van der Waals surface area contributed by atoms with Gasteiger partial charge in [-0.15, -0.1) is 0 Å². The molecular weight excluding hydrogens is 335 g/mol. The fourth-order valence-corrected chi connectivity index (χ4v) is 3.16.